The van der Waals surface area contributed by atoms with E-state index in [0.717, 1.165) is 12.8 Å². The quantitative estimate of drug-likeness (QED) is 0.633. The molecule has 0 radical (unpaired) electrons. The fourth-order valence-corrected chi connectivity index (χ4v) is 2.83. The molecule has 1 heterocycles. The van der Waals surface area contributed by atoms with E-state index < -0.39 is 5.92 Å². The summed E-state index contributed by atoms with van der Waals surface area (Å²) >= 11 is 0. The van der Waals surface area contributed by atoms with Gasteiger partial charge in [-0.2, -0.15) is 0 Å². The zero-order valence-electron chi connectivity index (χ0n) is 8.86. The Bertz CT molecular complexity index is 209. The lowest BCUT2D eigenvalue weighted by atomic mass is 9.82. The number of halogens is 2. The summed E-state index contributed by atoms with van der Waals surface area (Å²) in [5.74, 6) is -2.43. The molecular formula is C11H19F2N. The summed E-state index contributed by atoms with van der Waals surface area (Å²) in [6.45, 7) is 2.74. The Morgan fingerprint density at radius 1 is 1.00 bits per heavy atom. The summed E-state index contributed by atoms with van der Waals surface area (Å²) in [5.41, 5.74) is 0.0676. The minimum Gasteiger partial charge on any atom is -0.292 e. The topological polar surface area (TPSA) is 3.24 Å². The molecule has 1 nitrogen and oxygen atoms in total. The summed E-state index contributed by atoms with van der Waals surface area (Å²) in [5, 5.41) is 0. The van der Waals surface area contributed by atoms with Gasteiger partial charge in [-0.15, -0.1) is 0 Å². The monoisotopic (exact) mass is 203 g/mol. The van der Waals surface area contributed by atoms with Crippen LogP contribution in [0.4, 0.5) is 8.78 Å². The van der Waals surface area contributed by atoms with Crippen molar-refractivity contribution in [3.05, 3.63) is 0 Å². The maximum absolute atomic E-state index is 13.1. The van der Waals surface area contributed by atoms with Crippen molar-refractivity contribution in [2.24, 2.45) is 0 Å². The van der Waals surface area contributed by atoms with Gasteiger partial charge >= 0.3 is 0 Å². The molecule has 1 aliphatic heterocycles. The Balaban J connectivity index is 2.00. The molecule has 0 bridgehead atoms. The molecule has 0 N–H and O–H groups in total. The number of hydrogen-bond acceptors (Lipinski definition) is 1. The van der Waals surface area contributed by atoms with E-state index in [4.69, 9.17) is 0 Å². The van der Waals surface area contributed by atoms with E-state index in [9.17, 15) is 8.78 Å². The second-order valence-electron chi connectivity index (χ2n) is 5.09. The number of rotatable bonds is 1. The van der Waals surface area contributed by atoms with Gasteiger partial charge < -0.3 is 0 Å². The van der Waals surface area contributed by atoms with Gasteiger partial charge in [0.25, 0.3) is 5.92 Å². The molecule has 2 fully saturated rings. The third-order valence-electron chi connectivity index (χ3n) is 3.86. The zero-order chi connectivity index (χ0) is 10.2. The molecule has 1 aliphatic carbocycles. The van der Waals surface area contributed by atoms with Gasteiger partial charge in [-0.1, -0.05) is 19.3 Å². The van der Waals surface area contributed by atoms with Gasteiger partial charge in [-0.3, -0.25) is 4.90 Å². The molecule has 82 valence electrons. The highest BCUT2D eigenvalue weighted by molar-refractivity contribution is 4.95. The maximum atomic E-state index is 13.1. The summed E-state index contributed by atoms with van der Waals surface area (Å²) in [4.78, 5) is 2.02. The highest BCUT2D eigenvalue weighted by Crippen LogP contribution is 2.39. The van der Waals surface area contributed by atoms with Crippen LogP contribution in [0, 0.1) is 0 Å². The standard InChI is InChI=1S/C11H19F2N/c1-10(5-3-2-4-6-10)14-8-7-11(12,13)9-14/h2-9H2,1H3. The molecule has 14 heavy (non-hydrogen) atoms. The van der Waals surface area contributed by atoms with Gasteiger partial charge in [-0.05, 0) is 19.8 Å². The molecule has 0 aromatic rings. The van der Waals surface area contributed by atoms with Crippen LogP contribution in [0.3, 0.4) is 0 Å². The van der Waals surface area contributed by atoms with Crippen LogP contribution in [0.25, 0.3) is 0 Å². The molecule has 0 unspecified atom stereocenters. The van der Waals surface area contributed by atoms with E-state index >= 15 is 0 Å². The van der Waals surface area contributed by atoms with Crippen molar-refractivity contribution in [2.45, 2.75) is 56.9 Å². The number of hydrogen-bond donors (Lipinski definition) is 0. The fraction of sp³-hybridized carbons (Fsp3) is 1.00. The van der Waals surface area contributed by atoms with Crippen LogP contribution in [0.2, 0.25) is 0 Å². The van der Waals surface area contributed by atoms with Gasteiger partial charge in [0.2, 0.25) is 0 Å². The molecule has 2 aliphatic rings. The van der Waals surface area contributed by atoms with E-state index in [1.54, 1.807) is 0 Å². The Kier molecular flexibility index (Phi) is 2.54. The minimum absolute atomic E-state index is 0.0104. The lowest BCUT2D eigenvalue weighted by molar-refractivity contribution is -0.00870. The third-order valence-corrected chi connectivity index (χ3v) is 3.86. The molecule has 0 aromatic heterocycles. The van der Waals surface area contributed by atoms with Crippen molar-refractivity contribution < 1.29 is 8.78 Å². The Labute approximate surface area is 84.5 Å². The average Bonchev–Trinajstić information content (AvgIpc) is 2.48. The van der Waals surface area contributed by atoms with E-state index in [2.05, 4.69) is 6.92 Å². The zero-order valence-corrected chi connectivity index (χ0v) is 8.86. The summed E-state index contributed by atoms with van der Waals surface area (Å²) in [6, 6.07) is 0. The number of alkyl halides is 2. The van der Waals surface area contributed by atoms with Crippen molar-refractivity contribution in [1.82, 2.24) is 4.90 Å². The van der Waals surface area contributed by atoms with Crippen molar-refractivity contribution in [3.63, 3.8) is 0 Å². The van der Waals surface area contributed by atoms with Crippen molar-refractivity contribution in [1.29, 1.82) is 0 Å². The second-order valence-corrected chi connectivity index (χ2v) is 5.09. The van der Waals surface area contributed by atoms with Crippen LogP contribution in [-0.4, -0.2) is 29.5 Å². The van der Waals surface area contributed by atoms with E-state index in [1.165, 1.54) is 19.3 Å². The van der Waals surface area contributed by atoms with Gasteiger partial charge in [0.1, 0.15) is 0 Å². The smallest absolute Gasteiger partial charge is 0.261 e. The largest absolute Gasteiger partial charge is 0.292 e. The summed E-state index contributed by atoms with van der Waals surface area (Å²) in [7, 11) is 0. The van der Waals surface area contributed by atoms with Gasteiger partial charge in [0.15, 0.2) is 0 Å². The molecule has 3 heteroatoms. The first-order chi connectivity index (χ1) is 6.52. The average molecular weight is 203 g/mol. The first-order valence-corrected chi connectivity index (χ1v) is 5.65. The molecule has 0 spiro atoms. The lowest BCUT2D eigenvalue weighted by Gasteiger charge is -2.41. The Hall–Kier alpha value is -0.180. The highest BCUT2D eigenvalue weighted by atomic mass is 19.3. The van der Waals surface area contributed by atoms with Crippen LogP contribution in [-0.2, 0) is 0 Å². The molecular weight excluding hydrogens is 184 g/mol. The van der Waals surface area contributed by atoms with Crippen LogP contribution in [0.5, 0.6) is 0 Å². The maximum Gasteiger partial charge on any atom is 0.261 e. The van der Waals surface area contributed by atoms with E-state index in [0.29, 0.717) is 6.54 Å². The van der Waals surface area contributed by atoms with E-state index in [1.807, 2.05) is 4.90 Å². The normalized spacial score (nSPS) is 31.9. The molecule has 1 saturated heterocycles. The molecule has 0 aromatic carbocycles. The number of nitrogens with zero attached hydrogens (tertiary/aromatic N) is 1. The first-order valence-electron chi connectivity index (χ1n) is 5.65. The predicted molar refractivity (Wildman–Crippen MR) is 52.6 cm³/mol. The molecule has 0 amide bonds. The Morgan fingerprint density at radius 2 is 1.64 bits per heavy atom. The lowest BCUT2D eigenvalue weighted by Crippen LogP contribution is -2.47. The van der Waals surface area contributed by atoms with Gasteiger partial charge in [0, 0.05) is 18.5 Å². The molecule has 2 rings (SSSR count). The third kappa shape index (κ3) is 1.92. The number of likely N-dealkylation sites (tertiary alicyclic amines) is 1. The second kappa shape index (κ2) is 3.44. The van der Waals surface area contributed by atoms with Crippen LogP contribution in [0.15, 0.2) is 0 Å². The molecule has 1 saturated carbocycles. The van der Waals surface area contributed by atoms with Crippen molar-refractivity contribution in [3.8, 4) is 0 Å². The molecule has 0 atom stereocenters. The van der Waals surface area contributed by atoms with Crippen LogP contribution in [0.1, 0.15) is 45.4 Å². The fourth-order valence-electron chi connectivity index (χ4n) is 2.83. The van der Waals surface area contributed by atoms with Crippen molar-refractivity contribution >= 4 is 0 Å². The van der Waals surface area contributed by atoms with Gasteiger partial charge in [0.05, 0.1) is 6.54 Å². The SMILES string of the molecule is CC1(N2CCC(F)(F)C2)CCCCC1. The summed E-state index contributed by atoms with van der Waals surface area (Å²) < 4.78 is 26.2. The summed E-state index contributed by atoms with van der Waals surface area (Å²) in [6.07, 6.45) is 5.95. The van der Waals surface area contributed by atoms with Gasteiger partial charge in [-0.25, -0.2) is 8.78 Å². The van der Waals surface area contributed by atoms with Crippen molar-refractivity contribution in [2.75, 3.05) is 13.1 Å². The van der Waals surface area contributed by atoms with Crippen LogP contribution < -0.4 is 0 Å². The minimum atomic E-state index is -2.43. The highest BCUT2D eigenvalue weighted by Gasteiger charge is 2.45. The first kappa shape index (κ1) is 10.3. The predicted octanol–water partition coefficient (Wildman–Crippen LogP) is 3.05. The van der Waals surface area contributed by atoms with E-state index in [-0.39, 0.29) is 18.5 Å². The Morgan fingerprint density at radius 3 is 2.14 bits per heavy atom. The van der Waals surface area contributed by atoms with Crippen LogP contribution >= 0.6 is 0 Å².